The van der Waals surface area contributed by atoms with Crippen molar-refractivity contribution in [3.8, 4) is 5.75 Å². The zero-order valence-corrected chi connectivity index (χ0v) is 16.2. The predicted octanol–water partition coefficient (Wildman–Crippen LogP) is 1.61. The number of rotatable bonds is 10. The average molecular weight is 406 g/mol. The minimum atomic E-state index is -3.44. The Morgan fingerprint density at radius 3 is 2.21 bits per heavy atom. The first-order valence-electron chi connectivity index (χ1n) is 8.46. The van der Waals surface area contributed by atoms with Gasteiger partial charge in [-0.05, 0) is 48.5 Å². The van der Waals surface area contributed by atoms with Gasteiger partial charge >= 0.3 is 0 Å². The van der Waals surface area contributed by atoms with E-state index in [1.54, 1.807) is 24.3 Å². The van der Waals surface area contributed by atoms with Gasteiger partial charge in [0.1, 0.15) is 5.75 Å². The van der Waals surface area contributed by atoms with Crippen LogP contribution >= 0.6 is 0 Å². The van der Waals surface area contributed by atoms with Crippen LogP contribution in [-0.4, -0.2) is 46.3 Å². The van der Waals surface area contributed by atoms with Crippen molar-refractivity contribution in [2.24, 2.45) is 5.73 Å². The molecule has 0 bridgehead atoms. The number of nitrogens with one attached hydrogen (secondary N) is 1. The van der Waals surface area contributed by atoms with E-state index >= 15 is 0 Å². The molecule has 2 amide bonds. The summed E-state index contributed by atoms with van der Waals surface area (Å²) < 4.78 is 34.3. The third-order valence-corrected chi connectivity index (χ3v) is 5.46. The van der Waals surface area contributed by atoms with E-state index in [2.05, 4.69) is 5.32 Å². The van der Waals surface area contributed by atoms with Crippen molar-refractivity contribution < 1.29 is 27.5 Å². The lowest BCUT2D eigenvalue weighted by molar-refractivity contribution is -0.118. The molecule has 0 aliphatic heterocycles. The van der Waals surface area contributed by atoms with Crippen LogP contribution in [0.4, 0.5) is 5.69 Å². The Morgan fingerprint density at radius 2 is 1.64 bits per heavy atom. The van der Waals surface area contributed by atoms with Gasteiger partial charge in [0.05, 0.1) is 30.3 Å². The van der Waals surface area contributed by atoms with Gasteiger partial charge in [0, 0.05) is 18.4 Å². The standard InChI is InChI=1S/C19H22N2O6S/c1-26-12-13-28(24,25)17-8-2-14(3-9-17)19(23)21-15-4-6-16(7-5-15)27-11-10-18(20)22/h2-9H,10-13H2,1H3,(H2,20,22)(H,21,23). The van der Waals surface area contributed by atoms with Gasteiger partial charge in [0.2, 0.25) is 5.91 Å². The van der Waals surface area contributed by atoms with Gasteiger partial charge in [-0.15, -0.1) is 0 Å². The summed E-state index contributed by atoms with van der Waals surface area (Å²) in [5.74, 6) is -0.391. The molecular weight excluding hydrogens is 384 g/mol. The Balaban J connectivity index is 1.96. The number of amides is 2. The number of anilines is 1. The Kier molecular flexibility index (Phi) is 7.53. The number of benzene rings is 2. The molecule has 0 radical (unpaired) electrons. The quantitative estimate of drug-likeness (QED) is 0.618. The van der Waals surface area contributed by atoms with Crippen LogP contribution in [0.1, 0.15) is 16.8 Å². The molecule has 0 aliphatic rings. The van der Waals surface area contributed by atoms with Crippen molar-refractivity contribution in [3.63, 3.8) is 0 Å². The van der Waals surface area contributed by atoms with E-state index in [4.69, 9.17) is 15.2 Å². The maximum absolute atomic E-state index is 12.3. The van der Waals surface area contributed by atoms with Gasteiger partial charge in [-0.2, -0.15) is 0 Å². The van der Waals surface area contributed by atoms with Crippen LogP contribution in [0.25, 0.3) is 0 Å². The molecule has 0 fully saturated rings. The highest BCUT2D eigenvalue weighted by Gasteiger charge is 2.15. The fraction of sp³-hybridized carbons (Fsp3) is 0.263. The van der Waals surface area contributed by atoms with Crippen molar-refractivity contribution in [2.45, 2.75) is 11.3 Å². The Labute approximate surface area is 163 Å². The second-order valence-corrected chi connectivity index (χ2v) is 7.99. The van der Waals surface area contributed by atoms with Gasteiger partial charge in [-0.25, -0.2) is 8.42 Å². The topological polar surface area (TPSA) is 125 Å². The van der Waals surface area contributed by atoms with Crippen molar-refractivity contribution in [1.29, 1.82) is 0 Å². The highest BCUT2D eigenvalue weighted by atomic mass is 32.2. The average Bonchev–Trinajstić information content (AvgIpc) is 2.67. The van der Waals surface area contributed by atoms with Crippen LogP contribution in [-0.2, 0) is 19.4 Å². The SMILES string of the molecule is COCCS(=O)(=O)c1ccc(C(=O)Nc2ccc(OCCC(N)=O)cc2)cc1. The second-order valence-electron chi connectivity index (χ2n) is 5.88. The molecule has 150 valence electrons. The summed E-state index contributed by atoms with van der Waals surface area (Å²) in [6.45, 7) is 0.285. The molecule has 0 saturated heterocycles. The van der Waals surface area contributed by atoms with E-state index in [9.17, 15) is 18.0 Å². The lowest BCUT2D eigenvalue weighted by atomic mass is 10.2. The molecule has 0 unspecified atom stereocenters. The molecule has 0 saturated carbocycles. The number of ether oxygens (including phenoxy) is 2. The number of hydrogen-bond donors (Lipinski definition) is 2. The zero-order valence-electron chi connectivity index (χ0n) is 15.4. The Morgan fingerprint density at radius 1 is 1.00 bits per heavy atom. The number of carbonyl (C=O) groups excluding carboxylic acids is 2. The summed E-state index contributed by atoms with van der Waals surface area (Å²) in [6.07, 6.45) is 0.121. The first kappa shape index (κ1) is 21.4. The van der Waals surface area contributed by atoms with Crippen LogP contribution in [0.5, 0.6) is 5.75 Å². The van der Waals surface area contributed by atoms with Crippen molar-refractivity contribution >= 4 is 27.3 Å². The van der Waals surface area contributed by atoms with Crippen molar-refractivity contribution in [3.05, 3.63) is 54.1 Å². The molecule has 0 atom stereocenters. The third-order valence-electron chi connectivity index (χ3n) is 3.76. The van der Waals surface area contributed by atoms with E-state index in [1.165, 1.54) is 31.4 Å². The fourth-order valence-electron chi connectivity index (χ4n) is 2.23. The van der Waals surface area contributed by atoms with Crippen molar-refractivity contribution in [1.82, 2.24) is 0 Å². The number of sulfone groups is 1. The molecule has 0 spiro atoms. The minimum absolute atomic E-state index is 0.104. The molecule has 9 heteroatoms. The molecule has 2 rings (SSSR count). The number of primary amides is 1. The van der Waals surface area contributed by atoms with Gasteiger partial charge in [0.25, 0.3) is 5.91 Å². The maximum atomic E-state index is 12.3. The summed E-state index contributed by atoms with van der Waals surface area (Å²) in [5.41, 5.74) is 5.91. The maximum Gasteiger partial charge on any atom is 0.255 e. The second kappa shape index (κ2) is 9.86. The molecule has 3 N–H and O–H groups in total. The van der Waals surface area contributed by atoms with Crippen LogP contribution in [0.3, 0.4) is 0 Å². The summed E-state index contributed by atoms with van der Waals surface area (Å²) in [5, 5.41) is 2.71. The smallest absolute Gasteiger partial charge is 0.255 e. The highest BCUT2D eigenvalue weighted by molar-refractivity contribution is 7.91. The van der Waals surface area contributed by atoms with Gasteiger partial charge in [0.15, 0.2) is 9.84 Å². The molecule has 2 aromatic carbocycles. The number of nitrogens with two attached hydrogens (primary N) is 1. The summed E-state index contributed by atoms with van der Waals surface area (Å²) in [4.78, 5) is 23.1. The lowest BCUT2D eigenvalue weighted by Gasteiger charge is -2.09. The van der Waals surface area contributed by atoms with Gasteiger partial charge in [-0.1, -0.05) is 0 Å². The highest BCUT2D eigenvalue weighted by Crippen LogP contribution is 2.18. The molecule has 28 heavy (non-hydrogen) atoms. The van der Waals surface area contributed by atoms with Crippen LogP contribution in [0.2, 0.25) is 0 Å². The van der Waals surface area contributed by atoms with Gasteiger partial charge in [-0.3, -0.25) is 9.59 Å². The Hall–Kier alpha value is -2.91. The van der Waals surface area contributed by atoms with E-state index in [1.807, 2.05) is 0 Å². The molecule has 0 aliphatic carbocycles. The number of hydrogen-bond acceptors (Lipinski definition) is 6. The summed E-state index contributed by atoms with van der Waals surface area (Å²) >= 11 is 0. The molecule has 8 nitrogen and oxygen atoms in total. The molecule has 2 aromatic rings. The number of methoxy groups -OCH3 is 1. The van der Waals surface area contributed by atoms with E-state index in [-0.39, 0.29) is 36.2 Å². The Bertz CT molecular complexity index is 908. The normalized spacial score (nSPS) is 11.0. The zero-order chi connectivity index (χ0) is 20.6. The summed E-state index contributed by atoms with van der Waals surface area (Å²) in [6, 6.07) is 12.3. The number of carbonyl (C=O) groups is 2. The molecule has 0 heterocycles. The molecule has 0 aromatic heterocycles. The largest absolute Gasteiger partial charge is 0.493 e. The van der Waals surface area contributed by atoms with E-state index in [0.717, 1.165) is 0 Å². The van der Waals surface area contributed by atoms with Crippen molar-refractivity contribution in [2.75, 3.05) is 31.4 Å². The van der Waals surface area contributed by atoms with E-state index in [0.29, 0.717) is 17.0 Å². The minimum Gasteiger partial charge on any atom is -0.493 e. The monoisotopic (exact) mass is 406 g/mol. The van der Waals surface area contributed by atoms with Crippen LogP contribution in [0, 0.1) is 0 Å². The molecular formula is C19H22N2O6S. The van der Waals surface area contributed by atoms with E-state index < -0.39 is 15.7 Å². The first-order valence-corrected chi connectivity index (χ1v) is 10.1. The van der Waals surface area contributed by atoms with Crippen LogP contribution in [0.15, 0.2) is 53.4 Å². The van der Waals surface area contributed by atoms with Gasteiger partial charge < -0.3 is 20.5 Å². The first-order chi connectivity index (χ1) is 13.3. The predicted molar refractivity (Wildman–Crippen MR) is 104 cm³/mol. The third kappa shape index (κ3) is 6.36. The van der Waals surface area contributed by atoms with Crippen LogP contribution < -0.4 is 15.8 Å². The fourth-order valence-corrected chi connectivity index (χ4v) is 3.40. The summed E-state index contributed by atoms with van der Waals surface area (Å²) in [7, 11) is -2.01. The lowest BCUT2D eigenvalue weighted by Crippen LogP contribution is -2.15.